The molecule has 0 saturated carbocycles. The van der Waals surface area contributed by atoms with Crippen molar-refractivity contribution in [2.75, 3.05) is 13.1 Å². The SMILES string of the molecule is CC1(O)CCN(Cc2ccc(Cl)cc2[N+](=O)[O-])C1. The standard InChI is InChI=1S/C12H15ClN2O3/c1-12(16)4-5-14(8-12)7-9-2-3-10(13)6-11(9)15(17)18/h2-3,6,16H,4-5,7-8H2,1H3. The number of nitro benzene ring substituents is 1. The molecular weight excluding hydrogens is 256 g/mol. The molecule has 1 aromatic rings. The van der Waals surface area contributed by atoms with Gasteiger partial charge in [-0.15, -0.1) is 0 Å². The summed E-state index contributed by atoms with van der Waals surface area (Å²) < 4.78 is 0. The smallest absolute Gasteiger partial charge is 0.275 e. The van der Waals surface area contributed by atoms with Crippen LogP contribution in [0.5, 0.6) is 0 Å². The summed E-state index contributed by atoms with van der Waals surface area (Å²) in [6, 6.07) is 4.69. The van der Waals surface area contributed by atoms with Crippen LogP contribution in [0.1, 0.15) is 18.9 Å². The van der Waals surface area contributed by atoms with Crippen molar-refractivity contribution in [2.45, 2.75) is 25.5 Å². The summed E-state index contributed by atoms with van der Waals surface area (Å²) >= 11 is 5.76. The molecule has 2 rings (SSSR count). The first-order chi connectivity index (χ1) is 8.37. The molecule has 1 aliphatic rings. The average molecular weight is 271 g/mol. The van der Waals surface area contributed by atoms with Gasteiger partial charge >= 0.3 is 0 Å². The molecule has 1 unspecified atom stereocenters. The maximum atomic E-state index is 11.0. The fourth-order valence-electron chi connectivity index (χ4n) is 2.26. The number of likely N-dealkylation sites (tertiary alicyclic amines) is 1. The van der Waals surface area contributed by atoms with Crippen LogP contribution in [0.15, 0.2) is 18.2 Å². The fourth-order valence-corrected chi connectivity index (χ4v) is 2.42. The van der Waals surface area contributed by atoms with Crippen LogP contribution in [0.2, 0.25) is 5.02 Å². The van der Waals surface area contributed by atoms with Crippen molar-refractivity contribution in [3.63, 3.8) is 0 Å². The predicted molar refractivity (Wildman–Crippen MR) is 68.6 cm³/mol. The number of β-amino-alcohol motifs (C(OH)–C–C–N with tert-alkyl or cyclic N) is 1. The molecule has 1 fully saturated rings. The zero-order valence-electron chi connectivity index (χ0n) is 10.1. The Balaban J connectivity index is 2.17. The van der Waals surface area contributed by atoms with E-state index in [1.807, 2.05) is 4.90 Å². The Morgan fingerprint density at radius 3 is 2.89 bits per heavy atom. The van der Waals surface area contributed by atoms with Crippen LogP contribution in [0.3, 0.4) is 0 Å². The van der Waals surface area contributed by atoms with Gasteiger partial charge in [0.05, 0.1) is 10.5 Å². The Labute approximate surface area is 110 Å². The third kappa shape index (κ3) is 2.98. The molecule has 18 heavy (non-hydrogen) atoms. The lowest BCUT2D eigenvalue weighted by molar-refractivity contribution is -0.385. The van der Waals surface area contributed by atoms with Crippen molar-refractivity contribution in [2.24, 2.45) is 0 Å². The maximum Gasteiger partial charge on any atom is 0.275 e. The molecule has 0 aliphatic carbocycles. The second kappa shape index (κ2) is 4.84. The lowest BCUT2D eigenvalue weighted by Gasteiger charge is -2.18. The molecule has 0 bridgehead atoms. The van der Waals surface area contributed by atoms with Crippen LogP contribution in [0.4, 0.5) is 5.69 Å². The molecule has 0 spiro atoms. The summed E-state index contributed by atoms with van der Waals surface area (Å²) in [6.07, 6.45) is 0.689. The Morgan fingerprint density at radius 1 is 1.61 bits per heavy atom. The quantitative estimate of drug-likeness (QED) is 0.675. The largest absolute Gasteiger partial charge is 0.389 e. The zero-order chi connectivity index (χ0) is 13.3. The van der Waals surface area contributed by atoms with Crippen LogP contribution in [0.25, 0.3) is 0 Å². The summed E-state index contributed by atoms with van der Waals surface area (Å²) in [4.78, 5) is 12.5. The van der Waals surface area contributed by atoms with Crippen LogP contribution in [0, 0.1) is 10.1 Å². The summed E-state index contributed by atoms with van der Waals surface area (Å²) in [5.41, 5.74) is -0.0302. The number of rotatable bonds is 3. The number of aliphatic hydroxyl groups is 1. The third-order valence-electron chi connectivity index (χ3n) is 3.17. The highest BCUT2D eigenvalue weighted by atomic mass is 35.5. The lowest BCUT2D eigenvalue weighted by Crippen LogP contribution is -2.29. The molecule has 1 aliphatic heterocycles. The second-order valence-electron chi connectivity index (χ2n) is 4.99. The Morgan fingerprint density at radius 2 is 2.33 bits per heavy atom. The van der Waals surface area contributed by atoms with Crippen LogP contribution >= 0.6 is 11.6 Å². The number of benzene rings is 1. The van der Waals surface area contributed by atoms with Crippen molar-refractivity contribution in [1.29, 1.82) is 0 Å². The average Bonchev–Trinajstić information content (AvgIpc) is 2.60. The summed E-state index contributed by atoms with van der Waals surface area (Å²) in [7, 11) is 0. The highest BCUT2D eigenvalue weighted by Crippen LogP contribution is 2.27. The fraction of sp³-hybridized carbons (Fsp3) is 0.500. The molecular formula is C12H15ClN2O3. The normalized spacial score (nSPS) is 24.4. The van der Waals surface area contributed by atoms with E-state index < -0.39 is 10.5 Å². The zero-order valence-corrected chi connectivity index (χ0v) is 10.9. The van der Waals surface area contributed by atoms with Crippen molar-refractivity contribution in [3.8, 4) is 0 Å². The molecule has 0 aromatic heterocycles. The van der Waals surface area contributed by atoms with Crippen molar-refractivity contribution >= 4 is 17.3 Å². The first kappa shape index (κ1) is 13.3. The van der Waals surface area contributed by atoms with E-state index in [9.17, 15) is 15.2 Å². The number of hydrogen-bond acceptors (Lipinski definition) is 4. The second-order valence-corrected chi connectivity index (χ2v) is 5.42. The number of nitrogens with zero attached hydrogens (tertiary/aromatic N) is 2. The van der Waals surface area contributed by atoms with Crippen LogP contribution in [-0.2, 0) is 6.54 Å². The molecule has 5 nitrogen and oxygen atoms in total. The van der Waals surface area contributed by atoms with E-state index >= 15 is 0 Å². The van der Waals surface area contributed by atoms with Gasteiger partial charge in [-0.2, -0.15) is 0 Å². The van der Waals surface area contributed by atoms with Crippen molar-refractivity contribution in [1.82, 2.24) is 4.90 Å². The molecule has 98 valence electrons. The van der Waals surface area contributed by atoms with Crippen LogP contribution < -0.4 is 0 Å². The Hall–Kier alpha value is -1.17. The molecule has 0 amide bonds. The minimum Gasteiger partial charge on any atom is -0.389 e. The van der Waals surface area contributed by atoms with Gasteiger partial charge in [-0.25, -0.2) is 0 Å². The molecule has 1 saturated heterocycles. The summed E-state index contributed by atoms with van der Waals surface area (Å²) in [6.45, 7) is 3.52. The van der Waals surface area contributed by atoms with E-state index in [1.54, 1.807) is 19.1 Å². The van der Waals surface area contributed by atoms with Crippen molar-refractivity contribution < 1.29 is 10.0 Å². The Bertz CT molecular complexity index is 476. The van der Waals surface area contributed by atoms with Crippen LogP contribution in [-0.4, -0.2) is 33.6 Å². The lowest BCUT2D eigenvalue weighted by atomic mass is 10.1. The predicted octanol–water partition coefficient (Wildman–Crippen LogP) is 2.20. The van der Waals surface area contributed by atoms with Gasteiger partial charge in [-0.05, 0) is 25.5 Å². The number of halogens is 1. The van der Waals surface area contributed by atoms with Gasteiger partial charge in [0.25, 0.3) is 5.69 Å². The highest BCUT2D eigenvalue weighted by molar-refractivity contribution is 6.30. The number of hydrogen-bond donors (Lipinski definition) is 1. The van der Waals surface area contributed by atoms with Gasteiger partial charge in [-0.3, -0.25) is 15.0 Å². The summed E-state index contributed by atoms with van der Waals surface area (Å²) in [5, 5.41) is 21.2. The molecule has 6 heteroatoms. The van der Waals surface area contributed by atoms with E-state index in [0.29, 0.717) is 30.1 Å². The number of nitro groups is 1. The minimum absolute atomic E-state index is 0.0362. The van der Waals surface area contributed by atoms with E-state index in [0.717, 1.165) is 6.54 Å². The molecule has 1 atom stereocenters. The first-order valence-electron chi connectivity index (χ1n) is 5.75. The summed E-state index contributed by atoms with van der Waals surface area (Å²) in [5.74, 6) is 0. The van der Waals surface area contributed by atoms with E-state index in [-0.39, 0.29) is 5.69 Å². The maximum absolute atomic E-state index is 11.0. The van der Waals surface area contributed by atoms with Gasteiger partial charge in [0.2, 0.25) is 0 Å². The molecule has 1 aromatic carbocycles. The monoisotopic (exact) mass is 270 g/mol. The van der Waals surface area contributed by atoms with Gasteiger partial charge in [0.15, 0.2) is 0 Å². The van der Waals surface area contributed by atoms with E-state index in [1.165, 1.54) is 6.07 Å². The van der Waals surface area contributed by atoms with E-state index in [4.69, 9.17) is 11.6 Å². The third-order valence-corrected chi connectivity index (χ3v) is 3.40. The van der Waals surface area contributed by atoms with E-state index in [2.05, 4.69) is 0 Å². The molecule has 0 radical (unpaired) electrons. The topological polar surface area (TPSA) is 66.6 Å². The Kier molecular flexibility index (Phi) is 3.56. The molecule has 1 N–H and O–H groups in total. The van der Waals surface area contributed by atoms with Gasteiger partial charge in [-0.1, -0.05) is 11.6 Å². The van der Waals surface area contributed by atoms with Gasteiger partial charge < -0.3 is 5.11 Å². The first-order valence-corrected chi connectivity index (χ1v) is 6.13. The van der Waals surface area contributed by atoms with Gasteiger partial charge in [0.1, 0.15) is 0 Å². The van der Waals surface area contributed by atoms with Gasteiger partial charge in [0, 0.05) is 36.3 Å². The van der Waals surface area contributed by atoms with Crippen molar-refractivity contribution in [3.05, 3.63) is 38.9 Å². The minimum atomic E-state index is -0.693. The molecule has 1 heterocycles. The highest BCUT2D eigenvalue weighted by Gasteiger charge is 2.32.